The lowest BCUT2D eigenvalue weighted by Gasteiger charge is -2.18. The van der Waals surface area contributed by atoms with Crippen LogP contribution in [0.3, 0.4) is 0 Å². The summed E-state index contributed by atoms with van der Waals surface area (Å²) in [5, 5.41) is 0. The van der Waals surface area contributed by atoms with Gasteiger partial charge in [-0.2, -0.15) is 0 Å². The van der Waals surface area contributed by atoms with Crippen molar-refractivity contribution < 1.29 is 13.3 Å². The van der Waals surface area contributed by atoms with Crippen molar-refractivity contribution in [2.45, 2.75) is 19.6 Å². The van der Waals surface area contributed by atoms with Gasteiger partial charge in [0.2, 0.25) is 5.89 Å². The second kappa shape index (κ2) is 7.23. The molecule has 0 amide bonds. The number of benzene rings is 1. The largest absolute Gasteiger partial charge is 0.468 e. The van der Waals surface area contributed by atoms with E-state index in [0.717, 1.165) is 22.8 Å². The number of furan rings is 2. The van der Waals surface area contributed by atoms with Gasteiger partial charge >= 0.3 is 0 Å². The molecule has 0 aliphatic heterocycles. The van der Waals surface area contributed by atoms with Crippen LogP contribution in [-0.4, -0.2) is 9.88 Å². The molecule has 3 aromatic heterocycles. The maximum absolute atomic E-state index is 5.92. The Labute approximate surface area is 145 Å². The lowest BCUT2D eigenvalue weighted by atomic mass is 10.2. The van der Waals surface area contributed by atoms with Crippen molar-refractivity contribution in [3.63, 3.8) is 0 Å². The van der Waals surface area contributed by atoms with Crippen LogP contribution in [0.15, 0.2) is 86.6 Å². The molecule has 0 N–H and O–H groups in total. The first-order chi connectivity index (χ1) is 12.4. The lowest BCUT2D eigenvalue weighted by Crippen LogP contribution is -2.22. The van der Waals surface area contributed by atoms with E-state index in [9.17, 15) is 0 Å². The molecule has 3 heterocycles. The lowest BCUT2D eigenvalue weighted by molar-refractivity contribution is 0.191. The zero-order valence-corrected chi connectivity index (χ0v) is 13.7. The van der Waals surface area contributed by atoms with E-state index in [4.69, 9.17) is 13.3 Å². The summed E-state index contributed by atoms with van der Waals surface area (Å²) in [5.74, 6) is 3.21. The summed E-state index contributed by atoms with van der Waals surface area (Å²) in [5.41, 5.74) is 1.02. The third kappa shape index (κ3) is 3.89. The van der Waals surface area contributed by atoms with E-state index in [0.29, 0.717) is 25.5 Å². The minimum atomic E-state index is 0.564. The first kappa shape index (κ1) is 15.5. The first-order valence-corrected chi connectivity index (χ1v) is 8.14. The highest BCUT2D eigenvalue weighted by Crippen LogP contribution is 2.21. The van der Waals surface area contributed by atoms with Gasteiger partial charge in [-0.05, 0) is 24.3 Å². The highest BCUT2D eigenvalue weighted by Gasteiger charge is 2.15. The Balaban J connectivity index is 1.50. The smallest absolute Gasteiger partial charge is 0.209 e. The molecule has 0 unspecified atom stereocenters. The quantitative estimate of drug-likeness (QED) is 0.489. The zero-order valence-electron chi connectivity index (χ0n) is 13.7. The highest BCUT2D eigenvalue weighted by atomic mass is 16.4. The fourth-order valence-corrected chi connectivity index (χ4v) is 2.72. The van der Waals surface area contributed by atoms with Gasteiger partial charge in [-0.15, -0.1) is 0 Å². The highest BCUT2D eigenvalue weighted by molar-refractivity contribution is 5.55. The number of nitrogens with zero attached hydrogens (tertiary/aromatic N) is 2. The van der Waals surface area contributed by atoms with E-state index in [1.807, 2.05) is 54.6 Å². The molecule has 0 fully saturated rings. The topological polar surface area (TPSA) is 55.6 Å². The SMILES string of the molecule is c1ccc(-c2cnc(CN(Cc3ccco3)Cc3ccco3)o2)cc1. The number of aromatic nitrogens is 1. The van der Waals surface area contributed by atoms with Crippen molar-refractivity contribution in [2.24, 2.45) is 0 Å². The Kier molecular flexibility index (Phi) is 4.48. The minimum absolute atomic E-state index is 0.564. The molecule has 4 aromatic rings. The maximum Gasteiger partial charge on any atom is 0.209 e. The van der Waals surface area contributed by atoms with Crippen molar-refractivity contribution >= 4 is 0 Å². The molecule has 0 saturated carbocycles. The molecule has 0 aliphatic carbocycles. The van der Waals surface area contributed by atoms with Crippen LogP contribution in [0.4, 0.5) is 0 Å². The molecule has 0 aliphatic rings. The molecule has 0 atom stereocenters. The number of hydrogen-bond acceptors (Lipinski definition) is 5. The van der Waals surface area contributed by atoms with Gasteiger partial charge < -0.3 is 13.3 Å². The van der Waals surface area contributed by atoms with Gasteiger partial charge in [0, 0.05) is 5.56 Å². The van der Waals surface area contributed by atoms with Gasteiger partial charge in [0.05, 0.1) is 38.4 Å². The van der Waals surface area contributed by atoms with Gasteiger partial charge in [0.1, 0.15) is 11.5 Å². The van der Waals surface area contributed by atoms with Crippen LogP contribution in [0.5, 0.6) is 0 Å². The van der Waals surface area contributed by atoms with Gasteiger partial charge in [-0.3, -0.25) is 4.90 Å². The van der Waals surface area contributed by atoms with E-state index in [1.165, 1.54) is 0 Å². The van der Waals surface area contributed by atoms with Gasteiger partial charge in [0.25, 0.3) is 0 Å². The number of rotatable bonds is 7. The van der Waals surface area contributed by atoms with Gasteiger partial charge in [-0.25, -0.2) is 4.98 Å². The molecule has 1 aromatic carbocycles. The van der Waals surface area contributed by atoms with E-state index >= 15 is 0 Å². The predicted octanol–water partition coefficient (Wildman–Crippen LogP) is 4.73. The Morgan fingerprint density at radius 2 is 1.44 bits per heavy atom. The van der Waals surface area contributed by atoms with Crippen LogP contribution in [0.2, 0.25) is 0 Å². The van der Waals surface area contributed by atoms with Crippen LogP contribution in [0.1, 0.15) is 17.4 Å². The van der Waals surface area contributed by atoms with Crippen LogP contribution < -0.4 is 0 Å². The van der Waals surface area contributed by atoms with Gasteiger partial charge in [0.15, 0.2) is 5.76 Å². The van der Waals surface area contributed by atoms with E-state index in [1.54, 1.807) is 18.7 Å². The monoisotopic (exact) mass is 334 g/mol. The normalized spacial score (nSPS) is 11.2. The second-order valence-corrected chi connectivity index (χ2v) is 5.79. The standard InChI is InChI=1S/C20H18N2O3/c1-2-6-16(7-3-1)19-12-21-20(25-19)15-22(13-17-8-4-10-23-17)14-18-9-5-11-24-18/h1-12H,13-15H2. The number of hydrogen-bond donors (Lipinski definition) is 0. The Bertz CT molecular complexity index is 844. The summed E-state index contributed by atoms with van der Waals surface area (Å²) in [6.45, 7) is 1.86. The molecular weight excluding hydrogens is 316 g/mol. The molecule has 126 valence electrons. The summed E-state index contributed by atoms with van der Waals surface area (Å²) in [4.78, 5) is 6.59. The maximum atomic E-state index is 5.92. The Morgan fingerprint density at radius 1 is 0.760 bits per heavy atom. The van der Waals surface area contributed by atoms with E-state index in [-0.39, 0.29) is 0 Å². The van der Waals surface area contributed by atoms with Crippen molar-refractivity contribution in [1.29, 1.82) is 0 Å². The van der Waals surface area contributed by atoms with Crippen LogP contribution in [0.25, 0.3) is 11.3 Å². The van der Waals surface area contributed by atoms with Crippen molar-refractivity contribution in [3.05, 3.63) is 90.7 Å². The Hall–Kier alpha value is -3.05. The molecule has 4 rings (SSSR count). The summed E-state index contributed by atoms with van der Waals surface area (Å²) in [7, 11) is 0. The summed E-state index contributed by atoms with van der Waals surface area (Å²) >= 11 is 0. The second-order valence-electron chi connectivity index (χ2n) is 5.79. The summed E-state index contributed by atoms with van der Waals surface area (Å²) < 4.78 is 16.9. The zero-order chi connectivity index (χ0) is 16.9. The van der Waals surface area contributed by atoms with Gasteiger partial charge in [-0.1, -0.05) is 30.3 Å². The minimum Gasteiger partial charge on any atom is -0.468 e. The number of oxazole rings is 1. The van der Waals surface area contributed by atoms with E-state index < -0.39 is 0 Å². The van der Waals surface area contributed by atoms with E-state index in [2.05, 4.69) is 9.88 Å². The average Bonchev–Trinajstić information content (AvgIpc) is 3.38. The third-order valence-electron chi connectivity index (χ3n) is 3.89. The summed E-state index contributed by atoms with van der Waals surface area (Å²) in [6, 6.07) is 17.7. The predicted molar refractivity (Wildman–Crippen MR) is 92.3 cm³/mol. The van der Waals surface area contributed by atoms with Crippen molar-refractivity contribution in [2.75, 3.05) is 0 Å². The fourth-order valence-electron chi connectivity index (χ4n) is 2.72. The van der Waals surface area contributed by atoms with Crippen LogP contribution in [0, 0.1) is 0 Å². The molecule has 0 radical (unpaired) electrons. The molecule has 5 nitrogen and oxygen atoms in total. The Morgan fingerprint density at radius 3 is 2.04 bits per heavy atom. The fraction of sp³-hybridized carbons (Fsp3) is 0.150. The van der Waals surface area contributed by atoms with Crippen molar-refractivity contribution in [1.82, 2.24) is 9.88 Å². The molecular formula is C20H18N2O3. The first-order valence-electron chi connectivity index (χ1n) is 8.14. The third-order valence-corrected chi connectivity index (χ3v) is 3.89. The molecule has 0 bridgehead atoms. The van der Waals surface area contributed by atoms with Crippen LogP contribution >= 0.6 is 0 Å². The molecule has 5 heteroatoms. The average molecular weight is 334 g/mol. The molecule has 0 spiro atoms. The van der Waals surface area contributed by atoms with Crippen LogP contribution in [-0.2, 0) is 19.6 Å². The molecule has 0 saturated heterocycles. The molecule has 25 heavy (non-hydrogen) atoms. The summed E-state index contributed by atoms with van der Waals surface area (Å²) in [6.07, 6.45) is 5.13. The van der Waals surface area contributed by atoms with Crippen molar-refractivity contribution in [3.8, 4) is 11.3 Å².